The summed E-state index contributed by atoms with van der Waals surface area (Å²) in [6.45, 7) is 5.78. The molecule has 6 nitrogen and oxygen atoms in total. The number of rotatable bonds is 9. The monoisotopic (exact) mass is 450 g/mol. The number of hydrogen-bond donors (Lipinski definition) is 1. The Bertz CT molecular complexity index is 1120. The number of aromatic nitrogens is 2. The molecule has 0 amide bonds. The quantitative estimate of drug-likeness (QED) is 0.444. The van der Waals surface area contributed by atoms with Crippen molar-refractivity contribution in [3.8, 4) is 11.5 Å². The standard InChI is InChI=1S/C23H25F3N2O4/c1-4-31-17-8-7-16(19(11-17)23(24,25)26)13-28-15(3)27-22-14(2)10-18(12-20(22)28)32-9-5-6-21(29)30/h7-8,10-12H,4-6,9,13H2,1-3H3,(H,29,30). The molecule has 1 N–H and O–H groups in total. The second-order valence-electron chi connectivity index (χ2n) is 7.45. The smallest absolute Gasteiger partial charge is 0.416 e. The number of carboxylic acids is 1. The van der Waals surface area contributed by atoms with E-state index in [2.05, 4.69) is 4.98 Å². The van der Waals surface area contributed by atoms with Gasteiger partial charge in [-0.15, -0.1) is 0 Å². The summed E-state index contributed by atoms with van der Waals surface area (Å²) in [5.41, 5.74) is 1.51. The zero-order valence-electron chi connectivity index (χ0n) is 18.1. The molecule has 0 saturated carbocycles. The Kier molecular flexibility index (Phi) is 6.96. The highest BCUT2D eigenvalue weighted by Gasteiger charge is 2.34. The molecule has 2 aromatic carbocycles. The molecule has 3 aromatic rings. The van der Waals surface area contributed by atoms with E-state index in [-0.39, 0.29) is 37.5 Å². The normalized spacial score (nSPS) is 11.7. The van der Waals surface area contributed by atoms with Crippen LogP contribution in [0.15, 0.2) is 30.3 Å². The van der Waals surface area contributed by atoms with Crippen LogP contribution in [0, 0.1) is 13.8 Å². The molecule has 0 unspecified atom stereocenters. The van der Waals surface area contributed by atoms with Crippen LogP contribution in [0.1, 0.15) is 42.3 Å². The highest BCUT2D eigenvalue weighted by atomic mass is 19.4. The molecule has 0 atom stereocenters. The van der Waals surface area contributed by atoms with Gasteiger partial charge in [-0.3, -0.25) is 4.79 Å². The maximum absolute atomic E-state index is 13.7. The van der Waals surface area contributed by atoms with Gasteiger partial charge in [0.15, 0.2) is 0 Å². The average molecular weight is 450 g/mol. The van der Waals surface area contributed by atoms with E-state index in [9.17, 15) is 18.0 Å². The maximum Gasteiger partial charge on any atom is 0.416 e. The fraction of sp³-hybridized carbons (Fsp3) is 0.391. The van der Waals surface area contributed by atoms with Gasteiger partial charge in [0.2, 0.25) is 0 Å². The second kappa shape index (κ2) is 9.50. The Labute approximate surface area is 183 Å². The number of imidazole rings is 1. The fourth-order valence-corrected chi connectivity index (χ4v) is 3.56. The summed E-state index contributed by atoms with van der Waals surface area (Å²) in [6.07, 6.45) is -4.18. The number of halogens is 3. The van der Waals surface area contributed by atoms with E-state index in [0.717, 1.165) is 11.6 Å². The summed E-state index contributed by atoms with van der Waals surface area (Å²) in [4.78, 5) is 15.2. The zero-order chi connectivity index (χ0) is 23.5. The lowest BCUT2D eigenvalue weighted by atomic mass is 10.1. The first-order valence-electron chi connectivity index (χ1n) is 10.2. The number of carboxylic acid groups (broad SMARTS) is 1. The first kappa shape index (κ1) is 23.4. The number of aliphatic carboxylic acids is 1. The highest BCUT2D eigenvalue weighted by Crippen LogP contribution is 2.36. The molecule has 0 aliphatic carbocycles. The molecule has 0 radical (unpaired) electrons. The third kappa shape index (κ3) is 5.33. The number of hydrogen-bond acceptors (Lipinski definition) is 4. The lowest BCUT2D eigenvalue weighted by molar-refractivity contribution is -0.138. The first-order valence-corrected chi connectivity index (χ1v) is 10.2. The van der Waals surface area contributed by atoms with Crippen molar-refractivity contribution in [2.75, 3.05) is 13.2 Å². The van der Waals surface area contributed by atoms with Crippen molar-refractivity contribution < 1.29 is 32.5 Å². The van der Waals surface area contributed by atoms with Crippen LogP contribution in [0.3, 0.4) is 0 Å². The molecular formula is C23H25F3N2O4. The summed E-state index contributed by atoms with van der Waals surface area (Å²) in [6, 6.07) is 7.50. The van der Waals surface area contributed by atoms with Gasteiger partial charge in [0.25, 0.3) is 0 Å². The number of nitrogens with zero attached hydrogens (tertiary/aromatic N) is 2. The van der Waals surface area contributed by atoms with Crippen molar-refractivity contribution in [2.24, 2.45) is 0 Å². The minimum Gasteiger partial charge on any atom is -0.494 e. The van der Waals surface area contributed by atoms with Crippen LogP contribution < -0.4 is 9.47 Å². The van der Waals surface area contributed by atoms with Gasteiger partial charge in [-0.25, -0.2) is 4.98 Å². The van der Waals surface area contributed by atoms with E-state index in [4.69, 9.17) is 14.6 Å². The second-order valence-corrected chi connectivity index (χ2v) is 7.45. The van der Waals surface area contributed by atoms with Crippen molar-refractivity contribution in [3.63, 3.8) is 0 Å². The molecule has 0 saturated heterocycles. The van der Waals surface area contributed by atoms with Crippen LogP contribution in [-0.4, -0.2) is 33.8 Å². The van der Waals surface area contributed by atoms with Crippen LogP contribution in [0.2, 0.25) is 0 Å². The number of benzene rings is 2. The lowest BCUT2D eigenvalue weighted by Crippen LogP contribution is -2.13. The maximum atomic E-state index is 13.7. The van der Waals surface area contributed by atoms with Gasteiger partial charge in [0.1, 0.15) is 17.3 Å². The van der Waals surface area contributed by atoms with E-state index in [1.165, 1.54) is 12.1 Å². The van der Waals surface area contributed by atoms with Gasteiger partial charge >= 0.3 is 12.1 Å². The van der Waals surface area contributed by atoms with E-state index in [1.54, 1.807) is 30.5 Å². The minimum atomic E-state index is -4.53. The van der Waals surface area contributed by atoms with Crippen molar-refractivity contribution in [1.29, 1.82) is 0 Å². The predicted octanol–water partition coefficient (Wildman–Crippen LogP) is 5.36. The number of alkyl halides is 3. The molecule has 172 valence electrons. The van der Waals surface area contributed by atoms with Crippen molar-refractivity contribution in [3.05, 3.63) is 52.8 Å². The summed E-state index contributed by atoms with van der Waals surface area (Å²) in [5.74, 6) is 0.367. The van der Waals surface area contributed by atoms with Gasteiger partial charge in [-0.05, 0) is 56.5 Å². The van der Waals surface area contributed by atoms with Gasteiger partial charge < -0.3 is 19.1 Å². The van der Waals surface area contributed by atoms with Gasteiger partial charge in [-0.1, -0.05) is 6.07 Å². The van der Waals surface area contributed by atoms with Crippen LogP contribution in [0.5, 0.6) is 11.5 Å². The summed E-state index contributed by atoms with van der Waals surface area (Å²) >= 11 is 0. The number of ether oxygens (including phenoxy) is 2. The molecule has 1 heterocycles. The topological polar surface area (TPSA) is 73.6 Å². The van der Waals surface area contributed by atoms with Gasteiger partial charge in [-0.2, -0.15) is 13.2 Å². The summed E-state index contributed by atoms with van der Waals surface area (Å²) < 4.78 is 53.8. The van der Waals surface area contributed by atoms with Crippen LogP contribution in [0.25, 0.3) is 11.0 Å². The lowest BCUT2D eigenvalue weighted by Gasteiger charge is -2.16. The van der Waals surface area contributed by atoms with Crippen molar-refractivity contribution in [1.82, 2.24) is 9.55 Å². The molecule has 0 aliphatic rings. The van der Waals surface area contributed by atoms with E-state index >= 15 is 0 Å². The minimum absolute atomic E-state index is 0.00374. The Morgan fingerprint density at radius 2 is 1.88 bits per heavy atom. The molecule has 0 aliphatic heterocycles. The SMILES string of the molecule is CCOc1ccc(Cn2c(C)nc3c(C)cc(OCCCC(=O)O)cc32)c(C(F)(F)F)c1. The molecule has 9 heteroatoms. The third-order valence-corrected chi connectivity index (χ3v) is 5.04. The Hall–Kier alpha value is -3.23. The fourth-order valence-electron chi connectivity index (χ4n) is 3.56. The molecular weight excluding hydrogens is 425 g/mol. The number of aryl methyl sites for hydroxylation is 2. The van der Waals surface area contributed by atoms with E-state index in [1.807, 2.05) is 6.92 Å². The van der Waals surface area contributed by atoms with Crippen LogP contribution in [0.4, 0.5) is 13.2 Å². The third-order valence-electron chi connectivity index (χ3n) is 5.04. The average Bonchev–Trinajstić information content (AvgIpc) is 3.02. The van der Waals surface area contributed by atoms with E-state index in [0.29, 0.717) is 29.0 Å². The number of fused-ring (bicyclic) bond motifs is 1. The molecule has 3 rings (SSSR count). The molecule has 0 fully saturated rings. The van der Waals surface area contributed by atoms with Crippen LogP contribution >= 0.6 is 0 Å². The molecule has 1 aromatic heterocycles. The summed E-state index contributed by atoms with van der Waals surface area (Å²) in [7, 11) is 0. The van der Waals surface area contributed by atoms with Crippen molar-refractivity contribution >= 4 is 17.0 Å². The largest absolute Gasteiger partial charge is 0.494 e. The Morgan fingerprint density at radius 3 is 2.53 bits per heavy atom. The summed E-state index contributed by atoms with van der Waals surface area (Å²) in [5, 5.41) is 8.75. The van der Waals surface area contributed by atoms with E-state index < -0.39 is 17.7 Å². The Morgan fingerprint density at radius 1 is 1.12 bits per heavy atom. The van der Waals surface area contributed by atoms with Gasteiger partial charge in [0.05, 0.1) is 29.8 Å². The first-order chi connectivity index (χ1) is 15.1. The molecule has 0 spiro atoms. The molecule has 0 bridgehead atoms. The zero-order valence-corrected chi connectivity index (χ0v) is 18.1. The van der Waals surface area contributed by atoms with Gasteiger partial charge in [0, 0.05) is 19.0 Å². The Balaban J connectivity index is 1.97. The number of carbonyl (C=O) groups is 1. The highest BCUT2D eigenvalue weighted by molar-refractivity contribution is 5.81. The van der Waals surface area contributed by atoms with Crippen LogP contribution in [-0.2, 0) is 17.5 Å². The van der Waals surface area contributed by atoms with Crippen molar-refractivity contribution in [2.45, 2.75) is 46.3 Å². The molecule has 32 heavy (non-hydrogen) atoms. The predicted molar refractivity (Wildman–Crippen MR) is 113 cm³/mol.